The van der Waals surface area contributed by atoms with Gasteiger partial charge in [0.15, 0.2) is 0 Å². The Morgan fingerprint density at radius 2 is 2.21 bits per heavy atom. The number of amides is 2. The fourth-order valence-electron chi connectivity index (χ4n) is 2.27. The second kappa shape index (κ2) is 8.12. The Hall–Kier alpha value is -1.14. The van der Waals surface area contributed by atoms with Crippen molar-refractivity contribution in [3.8, 4) is 0 Å². The maximum Gasteiger partial charge on any atom is 0.239 e. The fraction of sp³-hybridized carbons (Fsp3) is 0.846. The van der Waals surface area contributed by atoms with Crippen molar-refractivity contribution in [1.29, 1.82) is 0 Å². The van der Waals surface area contributed by atoms with E-state index in [9.17, 15) is 9.59 Å². The van der Waals surface area contributed by atoms with Crippen molar-refractivity contribution in [3.05, 3.63) is 0 Å². The molecule has 0 bridgehead atoms. The SMILES string of the molecule is COCCCNC(=O)CN(C)C(=O)C1CCNC1C. The summed E-state index contributed by atoms with van der Waals surface area (Å²) in [7, 11) is 3.31. The average Bonchev–Trinajstić information content (AvgIpc) is 2.80. The van der Waals surface area contributed by atoms with Gasteiger partial charge >= 0.3 is 0 Å². The molecule has 1 rings (SSSR count). The maximum absolute atomic E-state index is 12.2. The number of hydrogen-bond donors (Lipinski definition) is 2. The first-order chi connectivity index (χ1) is 9.06. The summed E-state index contributed by atoms with van der Waals surface area (Å²) in [6.07, 6.45) is 1.63. The number of ether oxygens (including phenoxy) is 1. The molecule has 0 radical (unpaired) electrons. The lowest BCUT2D eigenvalue weighted by Gasteiger charge is -2.22. The molecule has 19 heavy (non-hydrogen) atoms. The quantitative estimate of drug-likeness (QED) is 0.618. The Balaban J connectivity index is 2.27. The minimum atomic E-state index is -0.120. The van der Waals surface area contributed by atoms with Crippen LogP contribution in [0.1, 0.15) is 19.8 Å². The number of carbonyl (C=O) groups excluding carboxylic acids is 2. The predicted octanol–water partition coefficient (Wildman–Crippen LogP) is -0.404. The zero-order valence-corrected chi connectivity index (χ0v) is 12.1. The molecule has 2 atom stereocenters. The first kappa shape index (κ1) is 15.9. The third-order valence-electron chi connectivity index (χ3n) is 3.45. The molecule has 0 spiro atoms. The van der Waals surface area contributed by atoms with E-state index in [1.165, 1.54) is 4.90 Å². The molecule has 1 saturated heterocycles. The molecule has 1 fully saturated rings. The Bertz CT molecular complexity index is 310. The van der Waals surface area contributed by atoms with Crippen molar-refractivity contribution in [2.75, 3.05) is 40.4 Å². The van der Waals surface area contributed by atoms with Crippen molar-refractivity contribution >= 4 is 11.8 Å². The fourth-order valence-corrected chi connectivity index (χ4v) is 2.27. The van der Waals surface area contributed by atoms with Crippen LogP contribution >= 0.6 is 0 Å². The van der Waals surface area contributed by atoms with Crippen LogP contribution in [0.5, 0.6) is 0 Å². The third kappa shape index (κ3) is 5.16. The summed E-state index contributed by atoms with van der Waals surface area (Å²) in [5, 5.41) is 6.02. The van der Waals surface area contributed by atoms with E-state index in [0.717, 1.165) is 19.4 Å². The van der Waals surface area contributed by atoms with E-state index in [1.54, 1.807) is 14.2 Å². The van der Waals surface area contributed by atoms with Crippen molar-refractivity contribution in [2.24, 2.45) is 5.92 Å². The molecule has 0 aromatic heterocycles. The molecule has 110 valence electrons. The van der Waals surface area contributed by atoms with E-state index in [-0.39, 0.29) is 30.3 Å². The molecule has 0 aliphatic carbocycles. The standard InChI is InChI=1S/C13H25N3O3/c1-10-11(5-7-14-10)13(18)16(2)9-12(17)15-6-4-8-19-3/h10-11,14H,4-9H2,1-3H3,(H,15,17). The third-order valence-corrected chi connectivity index (χ3v) is 3.45. The molecule has 2 N–H and O–H groups in total. The zero-order chi connectivity index (χ0) is 14.3. The van der Waals surface area contributed by atoms with E-state index in [0.29, 0.717) is 13.2 Å². The van der Waals surface area contributed by atoms with Crippen LogP contribution in [-0.2, 0) is 14.3 Å². The Kier molecular flexibility index (Phi) is 6.80. The number of hydrogen-bond acceptors (Lipinski definition) is 4. The number of nitrogens with zero attached hydrogens (tertiary/aromatic N) is 1. The van der Waals surface area contributed by atoms with Crippen molar-refractivity contribution < 1.29 is 14.3 Å². The summed E-state index contributed by atoms with van der Waals surface area (Å²) >= 11 is 0. The Morgan fingerprint density at radius 1 is 1.47 bits per heavy atom. The summed E-state index contributed by atoms with van der Waals surface area (Å²) in [6, 6.07) is 0.194. The van der Waals surface area contributed by atoms with Gasteiger partial charge in [0.05, 0.1) is 12.5 Å². The Morgan fingerprint density at radius 3 is 2.79 bits per heavy atom. The van der Waals surface area contributed by atoms with Crippen LogP contribution in [0.15, 0.2) is 0 Å². The first-order valence-corrected chi connectivity index (χ1v) is 6.80. The molecule has 0 saturated carbocycles. The lowest BCUT2D eigenvalue weighted by Crippen LogP contribution is -2.43. The summed E-state index contributed by atoms with van der Waals surface area (Å²) in [6.45, 7) is 4.20. The van der Waals surface area contributed by atoms with Gasteiger partial charge in [-0.2, -0.15) is 0 Å². The molecule has 1 aliphatic rings. The van der Waals surface area contributed by atoms with Crippen LogP contribution in [-0.4, -0.2) is 63.2 Å². The topological polar surface area (TPSA) is 70.7 Å². The van der Waals surface area contributed by atoms with Gasteiger partial charge in [-0.25, -0.2) is 0 Å². The van der Waals surface area contributed by atoms with Crippen LogP contribution < -0.4 is 10.6 Å². The van der Waals surface area contributed by atoms with Crippen molar-refractivity contribution in [2.45, 2.75) is 25.8 Å². The Labute approximate surface area is 114 Å². The lowest BCUT2D eigenvalue weighted by atomic mass is 10.0. The summed E-state index contributed by atoms with van der Waals surface area (Å²) in [4.78, 5) is 25.3. The zero-order valence-electron chi connectivity index (χ0n) is 12.1. The molecule has 6 nitrogen and oxygen atoms in total. The predicted molar refractivity (Wildman–Crippen MR) is 72.7 cm³/mol. The number of nitrogens with one attached hydrogen (secondary N) is 2. The van der Waals surface area contributed by atoms with Crippen molar-refractivity contribution in [3.63, 3.8) is 0 Å². The summed E-state index contributed by atoms with van der Waals surface area (Å²) < 4.78 is 4.90. The van der Waals surface area contributed by atoms with E-state index in [4.69, 9.17) is 4.74 Å². The molecule has 1 heterocycles. The first-order valence-electron chi connectivity index (χ1n) is 6.80. The minimum absolute atomic E-state index is 0.00806. The van der Waals surface area contributed by atoms with Gasteiger partial charge in [-0.15, -0.1) is 0 Å². The molecule has 2 amide bonds. The molecule has 1 aliphatic heterocycles. The van der Waals surface area contributed by atoms with E-state index in [2.05, 4.69) is 10.6 Å². The van der Waals surface area contributed by atoms with Gasteiger partial charge in [-0.1, -0.05) is 0 Å². The molecule has 6 heteroatoms. The van der Waals surface area contributed by atoms with Crippen LogP contribution in [0, 0.1) is 5.92 Å². The van der Waals surface area contributed by atoms with Gasteiger partial charge in [0.1, 0.15) is 0 Å². The van der Waals surface area contributed by atoms with Crippen LogP contribution in [0.25, 0.3) is 0 Å². The highest BCUT2D eigenvalue weighted by molar-refractivity contribution is 5.86. The smallest absolute Gasteiger partial charge is 0.239 e. The van der Waals surface area contributed by atoms with Crippen LogP contribution in [0.2, 0.25) is 0 Å². The second-order valence-electron chi connectivity index (χ2n) is 5.03. The second-order valence-corrected chi connectivity index (χ2v) is 5.03. The van der Waals surface area contributed by atoms with Crippen LogP contribution in [0.4, 0.5) is 0 Å². The minimum Gasteiger partial charge on any atom is -0.385 e. The summed E-state index contributed by atoms with van der Waals surface area (Å²) in [5.74, 6) is -0.0820. The monoisotopic (exact) mass is 271 g/mol. The van der Waals surface area contributed by atoms with E-state index in [1.807, 2.05) is 6.92 Å². The molecule has 0 aromatic rings. The number of carbonyl (C=O) groups is 2. The molecular weight excluding hydrogens is 246 g/mol. The van der Waals surface area contributed by atoms with Gasteiger partial charge in [0.25, 0.3) is 0 Å². The van der Waals surface area contributed by atoms with E-state index < -0.39 is 0 Å². The molecule has 2 unspecified atom stereocenters. The highest BCUT2D eigenvalue weighted by Gasteiger charge is 2.31. The largest absolute Gasteiger partial charge is 0.385 e. The normalized spacial score (nSPS) is 22.3. The maximum atomic E-state index is 12.2. The van der Waals surface area contributed by atoms with Gasteiger partial charge in [-0.05, 0) is 26.3 Å². The number of likely N-dealkylation sites (N-methyl/N-ethyl adjacent to an activating group) is 1. The highest BCUT2D eigenvalue weighted by atomic mass is 16.5. The highest BCUT2D eigenvalue weighted by Crippen LogP contribution is 2.17. The number of rotatable bonds is 7. The van der Waals surface area contributed by atoms with Gasteiger partial charge in [0.2, 0.25) is 11.8 Å². The lowest BCUT2D eigenvalue weighted by molar-refractivity contribution is -0.138. The number of methoxy groups -OCH3 is 1. The van der Waals surface area contributed by atoms with Gasteiger partial charge in [-0.3, -0.25) is 9.59 Å². The summed E-state index contributed by atoms with van der Waals surface area (Å²) in [5.41, 5.74) is 0. The van der Waals surface area contributed by atoms with Gasteiger partial charge < -0.3 is 20.3 Å². The van der Waals surface area contributed by atoms with Crippen LogP contribution in [0.3, 0.4) is 0 Å². The van der Waals surface area contributed by atoms with Crippen molar-refractivity contribution in [1.82, 2.24) is 15.5 Å². The molecule has 0 aromatic carbocycles. The average molecular weight is 271 g/mol. The van der Waals surface area contributed by atoms with Gasteiger partial charge in [0, 0.05) is 33.4 Å². The van der Waals surface area contributed by atoms with E-state index >= 15 is 0 Å². The molecular formula is C13H25N3O3.